The van der Waals surface area contributed by atoms with Gasteiger partial charge in [0.2, 0.25) is 0 Å². The Morgan fingerprint density at radius 2 is 2.16 bits per heavy atom. The minimum atomic E-state index is -2.58. The van der Waals surface area contributed by atoms with Crippen LogP contribution in [-0.2, 0) is 0 Å². The second kappa shape index (κ2) is 8.85. The number of β-amino-alcohol motifs (C(OH)–C–C–N with tert-alkyl or cyclic N) is 1. The van der Waals surface area contributed by atoms with Gasteiger partial charge in [-0.25, -0.2) is 18.3 Å². The van der Waals surface area contributed by atoms with Gasteiger partial charge in [-0.05, 0) is 24.6 Å². The molecule has 5 heterocycles. The van der Waals surface area contributed by atoms with E-state index in [0.29, 0.717) is 25.2 Å². The van der Waals surface area contributed by atoms with Gasteiger partial charge in [-0.15, -0.1) is 17.5 Å². The SMILES string of the molecule is Cl.N[C@H]1CCN(c2ccc(-c3cc(OCC(F)F)cn4nc5[nH]ncc5c34)cn2)C[C@@H]1O. The number of ether oxygens (including phenoxy) is 1. The van der Waals surface area contributed by atoms with Crippen LogP contribution in [0.25, 0.3) is 27.7 Å². The van der Waals surface area contributed by atoms with Crippen molar-refractivity contribution >= 4 is 34.8 Å². The molecular formula is C20H22ClF2N7O2. The first-order chi connectivity index (χ1) is 15.0. The molecule has 4 aromatic heterocycles. The van der Waals surface area contributed by atoms with E-state index in [1.165, 1.54) is 0 Å². The molecule has 0 radical (unpaired) electrons. The van der Waals surface area contributed by atoms with Gasteiger partial charge in [0, 0.05) is 36.5 Å². The van der Waals surface area contributed by atoms with Crippen LogP contribution in [0.3, 0.4) is 0 Å². The van der Waals surface area contributed by atoms with E-state index in [1.807, 2.05) is 17.0 Å². The number of nitrogens with two attached hydrogens (primary N) is 1. The van der Waals surface area contributed by atoms with E-state index in [-0.39, 0.29) is 24.2 Å². The van der Waals surface area contributed by atoms with Crippen molar-refractivity contribution in [2.24, 2.45) is 5.73 Å². The first kappa shape index (κ1) is 22.2. The Morgan fingerprint density at radius 3 is 2.88 bits per heavy atom. The molecule has 1 aliphatic heterocycles. The summed E-state index contributed by atoms with van der Waals surface area (Å²) in [6.07, 6.45) is 2.45. The lowest BCUT2D eigenvalue weighted by atomic mass is 10.0. The Balaban J connectivity index is 0.00000245. The molecule has 1 fully saturated rings. The number of hydrogen-bond donors (Lipinski definition) is 3. The number of aliphatic hydroxyl groups is 1. The summed E-state index contributed by atoms with van der Waals surface area (Å²) in [5, 5.41) is 22.1. The fourth-order valence-electron chi connectivity index (χ4n) is 3.89. The zero-order valence-electron chi connectivity index (χ0n) is 16.9. The number of piperidine rings is 1. The number of nitrogens with zero attached hydrogens (tertiary/aromatic N) is 5. The van der Waals surface area contributed by atoms with Crippen LogP contribution < -0.4 is 15.4 Å². The number of aromatic nitrogens is 5. The van der Waals surface area contributed by atoms with E-state index in [1.54, 1.807) is 29.2 Å². The van der Waals surface area contributed by atoms with Crippen molar-refractivity contribution in [2.75, 3.05) is 24.6 Å². The van der Waals surface area contributed by atoms with Crippen LogP contribution in [0.5, 0.6) is 5.75 Å². The average Bonchev–Trinajstić information content (AvgIpc) is 3.35. The van der Waals surface area contributed by atoms with E-state index in [0.717, 1.165) is 27.8 Å². The molecule has 4 N–H and O–H groups in total. The Labute approximate surface area is 187 Å². The van der Waals surface area contributed by atoms with E-state index >= 15 is 0 Å². The summed E-state index contributed by atoms with van der Waals surface area (Å²) in [5.74, 6) is 1.01. The van der Waals surface area contributed by atoms with Gasteiger partial charge in [0.15, 0.2) is 5.65 Å². The van der Waals surface area contributed by atoms with Crippen LogP contribution in [0.4, 0.5) is 14.6 Å². The fraction of sp³-hybridized carbons (Fsp3) is 0.350. The summed E-state index contributed by atoms with van der Waals surface area (Å²) in [5.41, 5.74) is 8.73. The molecule has 1 aliphatic rings. The Hall–Kier alpha value is -3.02. The van der Waals surface area contributed by atoms with Crippen molar-refractivity contribution in [1.82, 2.24) is 24.8 Å². The molecular weight excluding hydrogens is 444 g/mol. The smallest absolute Gasteiger partial charge is 0.272 e. The zero-order valence-corrected chi connectivity index (χ0v) is 17.7. The lowest BCUT2D eigenvalue weighted by Crippen LogP contribution is -2.50. The molecule has 12 heteroatoms. The third-order valence-corrected chi connectivity index (χ3v) is 5.50. The minimum Gasteiger partial charge on any atom is -0.486 e. The molecule has 4 aromatic rings. The number of alkyl halides is 2. The molecule has 5 rings (SSSR count). The van der Waals surface area contributed by atoms with Gasteiger partial charge >= 0.3 is 0 Å². The molecule has 2 atom stereocenters. The van der Waals surface area contributed by atoms with Crippen LogP contribution in [-0.4, -0.2) is 68.2 Å². The number of rotatable bonds is 5. The normalized spacial score (nSPS) is 19.0. The van der Waals surface area contributed by atoms with Crippen molar-refractivity contribution in [3.63, 3.8) is 0 Å². The second-order valence-electron chi connectivity index (χ2n) is 7.59. The molecule has 0 aliphatic carbocycles. The number of hydrogen-bond acceptors (Lipinski definition) is 7. The van der Waals surface area contributed by atoms with Crippen LogP contribution in [0.2, 0.25) is 0 Å². The first-order valence-corrected chi connectivity index (χ1v) is 9.91. The quantitative estimate of drug-likeness (QED) is 0.413. The van der Waals surface area contributed by atoms with Gasteiger partial charge in [0.05, 0.1) is 29.4 Å². The van der Waals surface area contributed by atoms with E-state index < -0.39 is 19.1 Å². The Bertz CT molecular complexity index is 1210. The Morgan fingerprint density at radius 1 is 1.31 bits per heavy atom. The number of fused-ring (bicyclic) bond motifs is 3. The largest absolute Gasteiger partial charge is 0.486 e. The van der Waals surface area contributed by atoms with Crippen LogP contribution >= 0.6 is 12.4 Å². The fourth-order valence-corrected chi connectivity index (χ4v) is 3.89. The number of H-pyrrole nitrogens is 1. The highest BCUT2D eigenvalue weighted by molar-refractivity contribution is 6.00. The molecule has 0 aromatic carbocycles. The van der Waals surface area contributed by atoms with Crippen LogP contribution in [0.15, 0.2) is 36.8 Å². The maximum atomic E-state index is 12.6. The van der Waals surface area contributed by atoms with E-state index in [4.69, 9.17) is 10.5 Å². The molecule has 170 valence electrons. The lowest BCUT2D eigenvalue weighted by Gasteiger charge is -2.34. The average molecular weight is 466 g/mol. The van der Waals surface area contributed by atoms with Gasteiger partial charge in [-0.3, -0.25) is 5.10 Å². The predicted molar refractivity (Wildman–Crippen MR) is 118 cm³/mol. The molecule has 0 amide bonds. The molecule has 32 heavy (non-hydrogen) atoms. The van der Waals surface area contributed by atoms with Crippen molar-refractivity contribution in [3.05, 3.63) is 36.8 Å². The number of anilines is 1. The summed E-state index contributed by atoms with van der Waals surface area (Å²) >= 11 is 0. The first-order valence-electron chi connectivity index (χ1n) is 9.91. The van der Waals surface area contributed by atoms with Crippen molar-refractivity contribution < 1.29 is 18.6 Å². The second-order valence-corrected chi connectivity index (χ2v) is 7.59. The number of aliphatic hydroxyl groups excluding tert-OH is 1. The molecule has 1 saturated heterocycles. The maximum Gasteiger partial charge on any atom is 0.272 e. The van der Waals surface area contributed by atoms with Crippen LogP contribution in [0.1, 0.15) is 6.42 Å². The van der Waals surface area contributed by atoms with Gasteiger partial charge in [0.25, 0.3) is 6.43 Å². The highest BCUT2D eigenvalue weighted by Gasteiger charge is 2.25. The minimum absolute atomic E-state index is 0. The molecule has 0 bridgehead atoms. The summed E-state index contributed by atoms with van der Waals surface area (Å²) in [4.78, 5) is 6.55. The predicted octanol–water partition coefficient (Wildman–Crippen LogP) is 2.24. The summed E-state index contributed by atoms with van der Waals surface area (Å²) in [7, 11) is 0. The third-order valence-electron chi connectivity index (χ3n) is 5.50. The van der Waals surface area contributed by atoms with Crippen molar-refractivity contribution in [1.29, 1.82) is 0 Å². The van der Waals surface area contributed by atoms with Crippen molar-refractivity contribution in [2.45, 2.75) is 25.0 Å². The number of aromatic amines is 1. The van der Waals surface area contributed by atoms with Gasteiger partial charge in [-0.1, -0.05) is 0 Å². The monoisotopic (exact) mass is 465 g/mol. The van der Waals surface area contributed by atoms with Crippen molar-refractivity contribution in [3.8, 4) is 16.9 Å². The molecule has 0 spiro atoms. The lowest BCUT2D eigenvalue weighted by molar-refractivity contribution is 0.0816. The van der Waals surface area contributed by atoms with E-state index in [9.17, 15) is 13.9 Å². The standard InChI is InChI=1S/C20H21F2N7O2.ClH/c21-17(22)10-31-12-5-13(19-14-7-25-26-20(14)27-29(19)8-12)11-1-2-18(24-6-11)28-4-3-15(23)16(30)9-28;/h1-2,5-8,15-17,30H,3-4,9-10,23H2,(H,26,27);1H/t15-,16-;/m0./s1. The van der Waals surface area contributed by atoms with E-state index in [2.05, 4.69) is 20.3 Å². The number of nitrogens with one attached hydrogen (secondary N) is 1. The zero-order chi connectivity index (χ0) is 21.5. The summed E-state index contributed by atoms with van der Waals surface area (Å²) in [6.45, 7) is 0.430. The van der Waals surface area contributed by atoms with Crippen LogP contribution in [0, 0.1) is 0 Å². The molecule has 0 saturated carbocycles. The maximum absolute atomic E-state index is 12.6. The van der Waals surface area contributed by atoms with Gasteiger partial charge in [0.1, 0.15) is 18.2 Å². The highest BCUT2D eigenvalue weighted by atomic mass is 35.5. The molecule has 9 nitrogen and oxygen atoms in total. The summed E-state index contributed by atoms with van der Waals surface area (Å²) in [6, 6.07) is 5.24. The Kier molecular flexibility index (Phi) is 6.13. The third kappa shape index (κ3) is 4.06. The topological polar surface area (TPSA) is 118 Å². The highest BCUT2D eigenvalue weighted by Crippen LogP contribution is 2.33. The molecule has 0 unspecified atom stereocenters. The number of halogens is 3. The van der Waals surface area contributed by atoms with Gasteiger partial charge in [-0.2, -0.15) is 5.10 Å². The summed E-state index contributed by atoms with van der Waals surface area (Å²) < 4.78 is 32.1. The number of pyridine rings is 2. The van der Waals surface area contributed by atoms with Gasteiger partial charge < -0.3 is 20.5 Å².